The molecule has 0 bridgehead atoms. The van der Waals surface area contributed by atoms with Gasteiger partial charge in [-0.05, 0) is 51.1 Å². The van der Waals surface area contributed by atoms with E-state index in [1.54, 1.807) is 19.1 Å². The maximum Gasteiger partial charge on any atom is 0.418 e. The van der Waals surface area contributed by atoms with Gasteiger partial charge in [-0.15, -0.1) is 11.3 Å². The molecule has 1 atom stereocenters. The molecule has 6 nitrogen and oxygen atoms in total. The highest BCUT2D eigenvalue weighted by molar-refractivity contribution is 7.11. The minimum Gasteiger partial charge on any atom is -0.479 e. The molecule has 172 valence electrons. The molecule has 1 unspecified atom stereocenters. The van der Waals surface area contributed by atoms with Crippen LogP contribution in [0.1, 0.15) is 22.4 Å². The zero-order chi connectivity index (χ0) is 23.9. The number of amides is 2. The van der Waals surface area contributed by atoms with E-state index in [4.69, 9.17) is 4.74 Å². The van der Waals surface area contributed by atoms with Crippen molar-refractivity contribution in [2.45, 2.75) is 33.1 Å². The molecular weight excluding hydrogens is 455 g/mol. The number of alkyl halides is 3. The predicted molar refractivity (Wildman–Crippen MR) is 120 cm³/mol. The normalized spacial score (nSPS) is 15.8. The number of fused-ring (bicyclic) bond motifs is 1. The van der Waals surface area contributed by atoms with E-state index in [2.05, 4.69) is 10.3 Å². The van der Waals surface area contributed by atoms with Gasteiger partial charge in [0, 0.05) is 10.4 Å². The molecule has 4 rings (SSSR count). The summed E-state index contributed by atoms with van der Waals surface area (Å²) in [6, 6.07) is 9.92. The summed E-state index contributed by atoms with van der Waals surface area (Å²) in [5.41, 5.74) is 0.535. The van der Waals surface area contributed by atoms with Crippen molar-refractivity contribution in [3.05, 3.63) is 57.9 Å². The van der Waals surface area contributed by atoms with Crippen molar-refractivity contribution in [1.29, 1.82) is 0 Å². The first-order valence-electron chi connectivity index (χ1n) is 10.1. The van der Waals surface area contributed by atoms with Crippen molar-refractivity contribution in [1.82, 2.24) is 4.98 Å². The molecule has 2 aromatic carbocycles. The number of halogens is 3. The number of carbonyl (C=O) groups excluding carboxylic acids is 2. The quantitative estimate of drug-likeness (QED) is 0.563. The summed E-state index contributed by atoms with van der Waals surface area (Å²) in [6.45, 7) is 4.91. The highest BCUT2D eigenvalue weighted by atomic mass is 32.1. The lowest BCUT2D eigenvalue weighted by Gasteiger charge is -2.33. The number of anilines is 2. The maximum atomic E-state index is 13.3. The molecule has 0 aliphatic carbocycles. The van der Waals surface area contributed by atoms with Gasteiger partial charge in [0.1, 0.15) is 12.3 Å². The van der Waals surface area contributed by atoms with Crippen molar-refractivity contribution < 1.29 is 27.5 Å². The lowest BCUT2D eigenvalue weighted by molar-refractivity contribution is -0.137. The van der Waals surface area contributed by atoms with Gasteiger partial charge in [0.15, 0.2) is 6.10 Å². The number of hydrogen-bond acceptors (Lipinski definition) is 5. The fourth-order valence-corrected chi connectivity index (χ4v) is 4.53. The first-order valence-corrected chi connectivity index (χ1v) is 10.9. The third-order valence-electron chi connectivity index (χ3n) is 5.15. The molecule has 1 aromatic heterocycles. The number of aromatic nitrogens is 1. The Morgan fingerprint density at radius 1 is 1.21 bits per heavy atom. The van der Waals surface area contributed by atoms with Gasteiger partial charge in [-0.3, -0.25) is 14.5 Å². The van der Waals surface area contributed by atoms with Crippen LogP contribution in [0.2, 0.25) is 0 Å². The van der Waals surface area contributed by atoms with Crippen LogP contribution in [0.3, 0.4) is 0 Å². The van der Waals surface area contributed by atoms with Crippen LogP contribution in [0.4, 0.5) is 24.5 Å². The molecule has 3 aromatic rings. The Morgan fingerprint density at radius 2 is 1.94 bits per heavy atom. The average Bonchev–Trinajstić information content (AvgIpc) is 3.08. The molecule has 0 saturated heterocycles. The number of ether oxygens (including phenoxy) is 1. The number of carbonyl (C=O) groups is 2. The monoisotopic (exact) mass is 475 g/mol. The SMILES string of the molecule is Cc1nc(-c2ccc3c(c2)N(CC(=O)Nc2ccccc2C(F)(F)F)C(=O)C(C)O3)c(C)s1. The van der Waals surface area contributed by atoms with Gasteiger partial charge in [-0.1, -0.05) is 12.1 Å². The van der Waals surface area contributed by atoms with E-state index in [0.717, 1.165) is 27.2 Å². The van der Waals surface area contributed by atoms with Crippen LogP contribution in [0.5, 0.6) is 5.75 Å². The number of aryl methyl sites for hydroxylation is 2. The molecule has 0 radical (unpaired) electrons. The fourth-order valence-electron chi connectivity index (χ4n) is 3.69. The zero-order valence-electron chi connectivity index (χ0n) is 18.0. The van der Waals surface area contributed by atoms with Gasteiger partial charge < -0.3 is 10.1 Å². The molecule has 0 spiro atoms. The van der Waals surface area contributed by atoms with Gasteiger partial charge >= 0.3 is 6.18 Å². The van der Waals surface area contributed by atoms with Crippen molar-refractivity contribution >= 4 is 34.5 Å². The summed E-state index contributed by atoms with van der Waals surface area (Å²) in [7, 11) is 0. The average molecular weight is 475 g/mol. The van der Waals surface area contributed by atoms with Crippen molar-refractivity contribution in [3.8, 4) is 17.0 Å². The van der Waals surface area contributed by atoms with E-state index in [1.165, 1.54) is 34.4 Å². The van der Waals surface area contributed by atoms with E-state index in [9.17, 15) is 22.8 Å². The molecule has 1 aliphatic heterocycles. The summed E-state index contributed by atoms with van der Waals surface area (Å²) >= 11 is 1.54. The van der Waals surface area contributed by atoms with Gasteiger partial charge in [-0.2, -0.15) is 13.2 Å². The van der Waals surface area contributed by atoms with Crippen molar-refractivity contribution in [3.63, 3.8) is 0 Å². The molecule has 1 aliphatic rings. The lowest BCUT2D eigenvalue weighted by atomic mass is 10.1. The second-order valence-electron chi connectivity index (χ2n) is 7.60. The van der Waals surface area contributed by atoms with Gasteiger partial charge in [0.2, 0.25) is 5.91 Å². The maximum absolute atomic E-state index is 13.3. The molecule has 1 N–H and O–H groups in total. The molecule has 33 heavy (non-hydrogen) atoms. The molecule has 2 amide bonds. The minimum atomic E-state index is -4.63. The number of benzene rings is 2. The summed E-state index contributed by atoms with van der Waals surface area (Å²) in [6.07, 6.45) is -5.47. The molecule has 0 fully saturated rings. The second-order valence-corrected chi connectivity index (χ2v) is 9.00. The first kappa shape index (κ1) is 22.8. The third kappa shape index (κ3) is 4.56. The Bertz CT molecular complexity index is 1240. The Kier molecular flexibility index (Phi) is 5.87. The highest BCUT2D eigenvalue weighted by Crippen LogP contribution is 2.39. The highest BCUT2D eigenvalue weighted by Gasteiger charge is 2.35. The van der Waals surface area contributed by atoms with Gasteiger partial charge in [-0.25, -0.2) is 4.98 Å². The van der Waals surface area contributed by atoms with Crippen LogP contribution in [0, 0.1) is 13.8 Å². The van der Waals surface area contributed by atoms with E-state index in [0.29, 0.717) is 11.4 Å². The number of thiazole rings is 1. The van der Waals surface area contributed by atoms with E-state index < -0.39 is 36.2 Å². The molecular formula is C23H20F3N3O3S. The predicted octanol–water partition coefficient (Wildman–Crippen LogP) is 5.20. The van der Waals surface area contributed by atoms with Crippen molar-refractivity contribution in [2.24, 2.45) is 0 Å². The fraction of sp³-hybridized carbons (Fsp3) is 0.261. The number of nitrogens with one attached hydrogen (secondary N) is 1. The first-order chi connectivity index (χ1) is 15.5. The number of nitrogens with zero attached hydrogens (tertiary/aromatic N) is 2. The Hall–Kier alpha value is -3.40. The van der Waals surface area contributed by atoms with Gasteiger partial charge in [0.25, 0.3) is 5.91 Å². The van der Waals surface area contributed by atoms with Gasteiger partial charge in [0.05, 0.1) is 27.6 Å². The molecule has 10 heteroatoms. The van der Waals surface area contributed by atoms with Crippen molar-refractivity contribution in [2.75, 3.05) is 16.8 Å². The van der Waals surface area contributed by atoms with E-state index in [-0.39, 0.29) is 5.69 Å². The Balaban J connectivity index is 1.65. The molecule has 2 heterocycles. The summed E-state index contributed by atoms with van der Waals surface area (Å²) in [4.78, 5) is 32.3. The summed E-state index contributed by atoms with van der Waals surface area (Å²) < 4.78 is 45.5. The summed E-state index contributed by atoms with van der Waals surface area (Å²) in [5, 5.41) is 3.17. The number of para-hydroxylation sites is 1. The number of hydrogen-bond donors (Lipinski definition) is 1. The third-order valence-corrected chi connectivity index (χ3v) is 6.04. The molecule has 0 saturated carbocycles. The number of rotatable bonds is 4. The topological polar surface area (TPSA) is 71.5 Å². The Labute approximate surface area is 192 Å². The van der Waals surface area contributed by atoms with E-state index in [1.807, 2.05) is 19.9 Å². The lowest BCUT2D eigenvalue weighted by Crippen LogP contribution is -2.47. The zero-order valence-corrected chi connectivity index (χ0v) is 18.8. The van der Waals surface area contributed by atoms with Crippen LogP contribution >= 0.6 is 11.3 Å². The standard InChI is InChI=1S/C23H20F3N3O3S/c1-12-22(31)29(11-20(30)28-17-7-5-4-6-16(17)23(24,25)26)18-10-15(8-9-19(18)32-12)21-13(2)33-14(3)27-21/h4-10,12H,11H2,1-3H3,(H,28,30). The minimum absolute atomic E-state index is 0.361. The van der Waals surface area contributed by atoms with E-state index >= 15 is 0 Å². The van der Waals surface area contributed by atoms with Crippen LogP contribution in [0.15, 0.2) is 42.5 Å². The van der Waals surface area contributed by atoms with Crippen LogP contribution in [-0.2, 0) is 15.8 Å². The largest absolute Gasteiger partial charge is 0.479 e. The smallest absolute Gasteiger partial charge is 0.418 e. The van der Waals surface area contributed by atoms with Crippen LogP contribution in [0.25, 0.3) is 11.3 Å². The van der Waals surface area contributed by atoms with Crippen LogP contribution in [-0.4, -0.2) is 29.4 Å². The Morgan fingerprint density at radius 3 is 2.61 bits per heavy atom. The summed E-state index contributed by atoms with van der Waals surface area (Å²) in [5.74, 6) is -0.824. The van der Waals surface area contributed by atoms with Crippen LogP contribution < -0.4 is 15.0 Å². The second kappa shape index (κ2) is 8.51.